The van der Waals surface area contributed by atoms with Gasteiger partial charge in [-0.25, -0.2) is 13.6 Å². The Morgan fingerprint density at radius 1 is 1.35 bits per heavy atom. The summed E-state index contributed by atoms with van der Waals surface area (Å²) in [5.74, 6) is -0.316. The molecule has 0 aliphatic heterocycles. The van der Waals surface area contributed by atoms with Crippen LogP contribution in [0.1, 0.15) is 36.7 Å². The number of halogens is 1. The molecule has 0 radical (unpaired) electrons. The fourth-order valence-corrected chi connectivity index (χ4v) is 3.06. The molecule has 0 aromatic heterocycles. The molecule has 1 amide bonds. The first-order valence-electron chi connectivity index (χ1n) is 6.03. The molecule has 0 atom stereocenters. The zero-order valence-corrected chi connectivity index (χ0v) is 14.4. The average molecular weight is 363 g/mol. The number of carbonyl (C=O) groups is 1. The molecule has 0 fully saturated rings. The van der Waals surface area contributed by atoms with E-state index in [0.29, 0.717) is 22.1 Å². The summed E-state index contributed by atoms with van der Waals surface area (Å²) in [5, 5.41) is 7.95. The first-order chi connectivity index (χ1) is 8.92. The Kier molecular flexibility index (Phi) is 4.99. The van der Waals surface area contributed by atoms with E-state index in [1.54, 1.807) is 13.0 Å². The third kappa shape index (κ3) is 4.57. The number of hydrogen-bond donors (Lipinski definition) is 2. The third-order valence-corrected chi connectivity index (χ3v) is 4.15. The summed E-state index contributed by atoms with van der Waals surface area (Å²) in [6.45, 7) is 8.05. The summed E-state index contributed by atoms with van der Waals surface area (Å²) < 4.78 is 23.5. The highest BCUT2D eigenvalue weighted by molar-refractivity contribution is 9.10. The first-order valence-corrected chi connectivity index (χ1v) is 8.37. The van der Waals surface area contributed by atoms with Crippen molar-refractivity contribution in [2.24, 2.45) is 10.6 Å². The number of benzene rings is 1. The van der Waals surface area contributed by atoms with E-state index in [0.717, 1.165) is 0 Å². The van der Waals surface area contributed by atoms with Gasteiger partial charge in [0.05, 0.1) is 4.90 Å². The lowest BCUT2D eigenvalue weighted by molar-refractivity contribution is 0.0938. The largest absolute Gasteiger partial charge is 0.352 e. The van der Waals surface area contributed by atoms with Gasteiger partial charge >= 0.3 is 0 Å². The Balaban J connectivity index is 3.20. The van der Waals surface area contributed by atoms with Crippen LogP contribution in [0.4, 0.5) is 0 Å². The summed E-state index contributed by atoms with van der Waals surface area (Å²) in [6, 6.07) is 2.98. The molecule has 112 valence electrons. The van der Waals surface area contributed by atoms with Crippen molar-refractivity contribution in [1.29, 1.82) is 0 Å². The van der Waals surface area contributed by atoms with Crippen LogP contribution in [0.15, 0.2) is 21.5 Å². The maximum Gasteiger partial charge on any atom is 0.251 e. The number of primary sulfonamides is 1. The van der Waals surface area contributed by atoms with Gasteiger partial charge in [-0.15, -0.1) is 0 Å². The molecular weight excluding hydrogens is 344 g/mol. The Morgan fingerprint density at radius 2 is 1.90 bits per heavy atom. The number of carbonyl (C=O) groups excluding carboxylic acids is 1. The van der Waals surface area contributed by atoms with E-state index in [9.17, 15) is 13.2 Å². The van der Waals surface area contributed by atoms with Crippen LogP contribution in [-0.4, -0.2) is 20.9 Å². The van der Waals surface area contributed by atoms with Crippen molar-refractivity contribution in [1.82, 2.24) is 5.32 Å². The monoisotopic (exact) mass is 362 g/mol. The van der Waals surface area contributed by atoms with E-state index in [-0.39, 0.29) is 16.2 Å². The van der Waals surface area contributed by atoms with Gasteiger partial charge in [-0.2, -0.15) is 0 Å². The summed E-state index contributed by atoms with van der Waals surface area (Å²) in [5.41, 5.74) is 0.591. The molecule has 0 bridgehead atoms. The van der Waals surface area contributed by atoms with Crippen molar-refractivity contribution in [3.63, 3.8) is 0 Å². The van der Waals surface area contributed by atoms with Gasteiger partial charge in [-0.05, 0) is 30.0 Å². The van der Waals surface area contributed by atoms with Crippen LogP contribution in [0.5, 0.6) is 0 Å². The smallest absolute Gasteiger partial charge is 0.251 e. The minimum absolute atomic E-state index is 0.0483. The number of nitrogens with one attached hydrogen (secondary N) is 1. The van der Waals surface area contributed by atoms with Crippen LogP contribution < -0.4 is 10.5 Å². The van der Waals surface area contributed by atoms with Gasteiger partial charge in [0, 0.05) is 16.6 Å². The quantitative estimate of drug-likeness (QED) is 0.863. The lowest BCUT2D eigenvalue weighted by Crippen LogP contribution is -2.33. The summed E-state index contributed by atoms with van der Waals surface area (Å²) >= 11 is 3.20. The molecule has 5 nitrogen and oxygen atoms in total. The first kappa shape index (κ1) is 17.1. The van der Waals surface area contributed by atoms with Gasteiger partial charge in [0.1, 0.15) is 0 Å². The fourth-order valence-electron chi connectivity index (χ4n) is 1.63. The van der Waals surface area contributed by atoms with Crippen LogP contribution in [-0.2, 0) is 10.0 Å². The van der Waals surface area contributed by atoms with E-state index in [1.807, 2.05) is 20.8 Å². The summed E-state index contributed by atoms with van der Waals surface area (Å²) in [4.78, 5) is 12.1. The van der Waals surface area contributed by atoms with Crippen molar-refractivity contribution >= 4 is 31.9 Å². The molecule has 1 aromatic carbocycles. The van der Waals surface area contributed by atoms with Crippen molar-refractivity contribution in [3.05, 3.63) is 27.7 Å². The molecular formula is C13H19BrN2O3S. The van der Waals surface area contributed by atoms with Gasteiger partial charge in [0.15, 0.2) is 0 Å². The Bertz CT molecular complexity index is 634. The van der Waals surface area contributed by atoms with Crippen molar-refractivity contribution in [3.8, 4) is 0 Å². The fraction of sp³-hybridized carbons (Fsp3) is 0.462. The summed E-state index contributed by atoms with van der Waals surface area (Å²) in [7, 11) is -3.87. The zero-order chi connectivity index (χ0) is 15.7. The van der Waals surface area contributed by atoms with Crippen molar-refractivity contribution in [2.45, 2.75) is 32.6 Å². The predicted molar refractivity (Wildman–Crippen MR) is 82.0 cm³/mol. The number of sulfonamides is 1. The molecule has 0 aliphatic carbocycles. The Labute approximate surface area is 128 Å². The molecule has 20 heavy (non-hydrogen) atoms. The van der Waals surface area contributed by atoms with E-state index in [2.05, 4.69) is 21.2 Å². The second-order valence-corrected chi connectivity index (χ2v) is 8.31. The van der Waals surface area contributed by atoms with Crippen LogP contribution in [0.3, 0.4) is 0 Å². The van der Waals surface area contributed by atoms with E-state index >= 15 is 0 Å². The van der Waals surface area contributed by atoms with Gasteiger partial charge < -0.3 is 5.32 Å². The zero-order valence-electron chi connectivity index (χ0n) is 12.0. The van der Waals surface area contributed by atoms with Crippen LogP contribution >= 0.6 is 15.9 Å². The van der Waals surface area contributed by atoms with Gasteiger partial charge in [-0.3, -0.25) is 4.79 Å². The highest BCUT2D eigenvalue weighted by Crippen LogP contribution is 2.24. The molecule has 7 heteroatoms. The van der Waals surface area contributed by atoms with Crippen molar-refractivity contribution < 1.29 is 13.2 Å². The molecule has 0 saturated carbocycles. The Hall–Kier alpha value is -0.920. The highest BCUT2D eigenvalue weighted by Gasteiger charge is 2.20. The molecule has 0 spiro atoms. The lowest BCUT2D eigenvalue weighted by atomic mass is 9.96. The maximum absolute atomic E-state index is 12.2. The molecule has 3 N–H and O–H groups in total. The second-order valence-electron chi connectivity index (χ2n) is 5.86. The van der Waals surface area contributed by atoms with Crippen LogP contribution in [0, 0.1) is 12.3 Å². The topological polar surface area (TPSA) is 89.3 Å². The number of hydrogen-bond acceptors (Lipinski definition) is 3. The lowest BCUT2D eigenvalue weighted by Gasteiger charge is -2.19. The molecule has 0 saturated heterocycles. The third-order valence-electron chi connectivity index (χ3n) is 2.66. The van der Waals surface area contributed by atoms with E-state index < -0.39 is 10.0 Å². The highest BCUT2D eigenvalue weighted by atomic mass is 79.9. The second kappa shape index (κ2) is 5.83. The van der Waals surface area contributed by atoms with Crippen LogP contribution in [0.2, 0.25) is 0 Å². The summed E-state index contributed by atoms with van der Waals surface area (Å²) in [6.07, 6.45) is 0. The number of rotatable bonds is 3. The van der Waals surface area contributed by atoms with Crippen molar-refractivity contribution in [2.75, 3.05) is 6.54 Å². The molecule has 1 aromatic rings. The van der Waals surface area contributed by atoms with Gasteiger partial charge in [0.2, 0.25) is 10.0 Å². The maximum atomic E-state index is 12.2. The van der Waals surface area contributed by atoms with E-state index in [4.69, 9.17) is 5.14 Å². The average Bonchev–Trinajstić information content (AvgIpc) is 2.26. The van der Waals surface area contributed by atoms with Gasteiger partial charge in [0.25, 0.3) is 5.91 Å². The minimum atomic E-state index is -3.87. The normalized spacial score (nSPS) is 12.3. The molecule has 1 rings (SSSR count). The van der Waals surface area contributed by atoms with Gasteiger partial charge in [-0.1, -0.05) is 36.7 Å². The SMILES string of the molecule is Cc1c(C(=O)NCC(C)(C)C)cc(Br)cc1S(N)(=O)=O. The predicted octanol–water partition coefficient (Wildman–Crippen LogP) is 2.18. The standard InChI is InChI=1S/C13H19BrN2O3S/c1-8-10(12(17)16-7-13(2,3)4)5-9(14)6-11(8)20(15,18)19/h5-6H,7H2,1-4H3,(H,16,17)(H2,15,18,19). The minimum Gasteiger partial charge on any atom is -0.352 e. The number of amides is 1. The number of nitrogens with two attached hydrogens (primary N) is 1. The molecule has 0 heterocycles. The van der Waals surface area contributed by atoms with E-state index in [1.165, 1.54) is 6.07 Å². The Morgan fingerprint density at radius 3 is 2.35 bits per heavy atom. The van der Waals surface area contributed by atoms with Crippen LogP contribution in [0.25, 0.3) is 0 Å². The molecule has 0 aliphatic rings. The molecule has 0 unspecified atom stereocenters.